The van der Waals surface area contributed by atoms with Gasteiger partial charge in [0.05, 0.1) is 41.6 Å². The Morgan fingerprint density at radius 3 is 2.69 bits per heavy atom. The molecular weight excluding hydrogens is 565 g/mol. The number of hydrogen-bond acceptors (Lipinski definition) is 8. The number of imidazole rings is 1. The lowest BCUT2D eigenvalue weighted by Crippen LogP contribution is -2.38. The van der Waals surface area contributed by atoms with Gasteiger partial charge in [0.25, 0.3) is 0 Å². The molecule has 0 bridgehead atoms. The Bertz CT molecular complexity index is 1700. The Labute approximate surface area is 245 Å². The fraction of sp³-hybridized carbons (Fsp3) is 0.267. The van der Waals surface area contributed by atoms with Crippen LogP contribution in [0.4, 0.5) is 4.39 Å². The van der Waals surface area contributed by atoms with Gasteiger partial charge in [-0.05, 0) is 55.3 Å². The van der Waals surface area contributed by atoms with E-state index in [0.29, 0.717) is 35.3 Å². The molecule has 0 saturated carbocycles. The first-order chi connectivity index (χ1) is 20.4. The van der Waals surface area contributed by atoms with E-state index in [9.17, 15) is 14.3 Å². The van der Waals surface area contributed by atoms with Gasteiger partial charge in [-0.1, -0.05) is 16.8 Å². The number of fused-ring (bicyclic) bond motifs is 1. The number of halogens is 2. The second kappa shape index (κ2) is 12.2. The van der Waals surface area contributed by atoms with Crippen LogP contribution >= 0.6 is 11.6 Å². The van der Waals surface area contributed by atoms with Crippen molar-refractivity contribution in [2.45, 2.75) is 38.6 Å². The summed E-state index contributed by atoms with van der Waals surface area (Å²) in [6.45, 7) is 2.68. The van der Waals surface area contributed by atoms with Crippen LogP contribution in [0.3, 0.4) is 0 Å². The van der Waals surface area contributed by atoms with Crippen LogP contribution in [0.15, 0.2) is 71.5 Å². The van der Waals surface area contributed by atoms with Crippen molar-refractivity contribution in [3.05, 3.63) is 101 Å². The van der Waals surface area contributed by atoms with Crippen LogP contribution in [-0.4, -0.2) is 54.9 Å². The zero-order valence-corrected chi connectivity index (χ0v) is 23.2. The average molecular weight is 592 g/mol. The van der Waals surface area contributed by atoms with Gasteiger partial charge in [0.2, 0.25) is 0 Å². The van der Waals surface area contributed by atoms with Crippen LogP contribution in [0.1, 0.15) is 40.5 Å². The van der Waals surface area contributed by atoms with Crippen LogP contribution < -0.4 is 9.47 Å². The smallest absolute Gasteiger partial charge is 0.335 e. The van der Waals surface area contributed by atoms with Crippen molar-refractivity contribution in [1.82, 2.24) is 24.6 Å². The highest BCUT2D eigenvalue weighted by molar-refractivity contribution is 6.30. The predicted molar refractivity (Wildman–Crippen MR) is 151 cm³/mol. The second-order valence-electron chi connectivity index (χ2n) is 10.0. The van der Waals surface area contributed by atoms with Crippen molar-refractivity contribution >= 4 is 28.6 Å². The van der Waals surface area contributed by atoms with Crippen molar-refractivity contribution in [3.63, 3.8) is 0 Å². The minimum absolute atomic E-state index is 0.0252. The highest BCUT2D eigenvalue weighted by Gasteiger charge is 2.23. The minimum Gasteiger partial charge on any atom is -0.490 e. The summed E-state index contributed by atoms with van der Waals surface area (Å²) in [5.41, 5.74) is 2.28. The van der Waals surface area contributed by atoms with Gasteiger partial charge >= 0.3 is 5.97 Å². The molecule has 1 saturated heterocycles. The number of benzene rings is 2. The first kappa shape index (κ1) is 27.7. The maximum Gasteiger partial charge on any atom is 0.335 e. The molecule has 3 aromatic heterocycles. The van der Waals surface area contributed by atoms with Gasteiger partial charge in [0, 0.05) is 36.4 Å². The van der Waals surface area contributed by atoms with Gasteiger partial charge in [0.1, 0.15) is 24.3 Å². The molecule has 1 aliphatic rings. The van der Waals surface area contributed by atoms with E-state index in [0.717, 1.165) is 42.8 Å². The molecule has 1 fully saturated rings. The number of aromatic nitrogens is 4. The fourth-order valence-electron chi connectivity index (χ4n) is 5.01. The summed E-state index contributed by atoms with van der Waals surface area (Å²) in [5.74, 6) is 0.749. The molecule has 0 radical (unpaired) electrons. The highest BCUT2D eigenvalue weighted by atomic mass is 35.5. The molecule has 12 heteroatoms. The van der Waals surface area contributed by atoms with Gasteiger partial charge in [-0.25, -0.2) is 14.2 Å². The number of carbonyl (C=O) groups is 1. The molecular formula is C30H27ClFN5O5. The van der Waals surface area contributed by atoms with Crippen LogP contribution in [0, 0.1) is 5.82 Å². The Hall–Kier alpha value is -4.48. The minimum atomic E-state index is -0.989. The monoisotopic (exact) mass is 591 g/mol. The zero-order valence-electron chi connectivity index (χ0n) is 22.5. The van der Waals surface area contributed by atoms with Crippen molar-refractivity contribution in [1.29, 1.82) is 0 Å². The molecule has 1 aliphatic heterocycles. The summed E-state index contributed by atoms with van der Waals surface area (Å²) >= 11 is 5.81. The van der Waals surface area contributed by atoms with Gasteiger partial charge in [0.15, 0.2) is 17.3 Å². The molecule has 42 heavy (non-hydrogen) atoms. The van der Waals surface area contributed by atoms with Crippen LogP contribution in [0.2, 0.25) is 5.02 Å². The first-order valence-corrected chi connectivity index (χ1v) is 13.8. The standard InChI is InChI=1S/C30H27ClFN5O5/c31-20-2-4-28(25(32)14-20)40-18-21-15-23(5-9-33-21)41-22-7-11-36(12-8-22)17-29-35-26-3-1-19(30(38)39)13-27(26)37(29)16-24-6-10-34-42-24/h1-6,9-10,13-15,22H,7-8,11-12,16-18H2,(H,38,39). The SMILES string of the molecule is O=C(O)c1ccc2nc(CN3CCC(Oc4ccnc(COc5ccc(Cl)cc5F)c4)CC3)n(Cc3ccno3)c2c1. The zero-order chi connectivity index (χ0) is 29.1. The molecule has 10 nitrogen and oxygen atoms in total. The molecule has 216 valence electrons. The number of nitrogens with zero attached hydrogens (tertiary/aromatic N) is 5. The number of likely N-dealkylation sites (tertiary alicyclic amines) is 1. The van der Waals surface area contributed by atoms with E-state index in [1.54, 1.807) is 54.9 Å². The summed E-state index contributed by atoms with van der Waals surface area (Å²) in [6, 6.07) is 14.6. The Morgan fingerprint density at radius 1 is 1.07 bits per heavy atom. The van der Waals surface area contributed by atoms with Crippen molar-refractivity contribution in [2.75, 3.05) is 13.1 Å². The Balaban J connectivity index is 1.08. The molecule has 4 heterocycles. The van der Waals surface area contributed by atoms with E-state index in [-0.39, 0.29) is 24.0 Å². The lowest BCUT2D eigenvalue weighted by molar-refractivity contribution is 0.0697. The van der Waals surface area contributed by atoms with E-state index in [1.165, 1.54) is 12.1 Å². The number of carboxylic acid groups (broad SMARTS) is 1. The second-order valence-corrected chi connectivity index (χ2v) is 10.5. The number of aromatic carboxylic acids is 1. The third-order valence-corrected chi connectivity index (χ3v) is 7.37. The topological polar surface area (TPSA) is 116 Å². The normalized spacial score (nSPS) is 14.3. The third-order valence-electron chi connectivity index (χ3n) is 7.14. The fourth-order valence-corrected chi connectivity index (χ4v) is 5.17. The molecule has 0 spiro atoms. The van der Waals surface area contributed by atoms with Crippen LogP contribution in [0.5, 0.6) is 11.5 Å². The summed E-state index contributed by atoms with van der Waals surface area (Å²) in [6.07, 6.45) is 4.89. The predicted octanol–water partition coefficient (Wildman–Crippen LogP) is 5.58. The molecule has 2 aromatic carbocycles. The van der Waals surface area contributed by atoms with Gasteiger partial charge in [-0.2, -0.15) is 0 Å². The lowest BCUT2D eigenvalue weighted by atomic mass is 10.1. The maximum atomic E-state index is 14.0. The van der Waals surface area contributed by atoms with E-state index < -0.39 is 11.8 Å². The van der Waals surface area contributed by atoms with Crippen molar-refractivity contribution < 1.29 is 28.3 Å². The van der Waals surface area contributed by atoms with E-state index in [2.05, 4.69) is 15.0 Å². The molecule has 0 aliphatic carbocycles. The molecule has 0 atom stereocenters. The molecule has 0 unspecified atom stereocenters. The first-order valence-electron chi connectivity index (χ1n) is 13.4. The molecule has 0 amide bonds. The maximum absolute atomic E-state index is 14.0. The van der Waals surface area contributed by atoms with Crippen LogP contribution in [-0.2, 0) is 19.7 Å². The third kappa shape index (κ3) is 6.37. The number of piperidine rings is 1. The van der Waals surface area contributed by atoms with E-state index in [1.807, 2.05) is 4.57 Å². The van der Waals surface area contributed by atoms with Crippen molar-refractivity contribution in [2.24, 2.45) is 0 Å². The summed E-state index contributed by atoms with van der Waals surface area (Å²) in [4.78, 5) is 23.0. The summed E-state index contributed by atoms with van der Waals surface area (Å²) < 4.78 is 33.2. The molecule has 5 aromatic rings. The van der Waals surface area contributed by atoms with E-state index >= 15 is 0 Å². The highest BCUT2D eigenvalue weighted by Crippen LogP contribution is 2.25. The number of hydrogen-bond donors (Lipinski definition) is 1. The average Bonchev–Trinajstić information content (AvgIpc) is 3.62. The number of ether oxygens (including phenoxy) is 2. The number of pyridine rings is 1. The number of rotatable bonds is 10. The largest absolute Gasteiger partial charge is 0.490 e. The lowest BCUT2D eigenvalue weighted by Gasteiger charge is -2.32. The Morgan fingerprint density at radius 2 is 1.93 bits per heavy atom. The van der Waals surface area contributed by atoms with Crippen LogP contribution in [0.25, 0.3) is 11.0 Å². The summed E-state index contributed by atoms with van der Waals surface area (Å²) in [5, 5.41) is 13.6. The summed E-state index contributed by atoms with van der Waals surface area (Å²) in [7, 11) is 0. The van der Waals surface area contributed by atoms with Gasteiger partial charge in [-0.3, -0.25) is 9.88 Å². The van der Waals surface area contributed by atoms with Crippen molar-refractivity contribution in [3.8, 4) is 11.5 Å². The van der Waals surface area contributed by atoms with Gasteiger partial charge < -0.3 is 23.7 Å². The quantitative estimate of drug-likeness (QED) is 0.222. The molecule has 6 rings (SSSR count). The Kier molecular flexibility index (Phi) is 8.02. The number of carboxylic acids is 1. The molecule has 1 N–H and O–H groups in total. The van der Waals surface area contributed by atoms with E-state index in [4.69, 9.17) is 30.6 Å². The van der Waals surface area contributed by atoms with Gasteiger partial charge in [-0.15, -0.1) is 0 Å².